The lowest BCUT2D eigenvalue weighted by Crippen LogP contribution is -2.43. The normalized spacial score (nSPS) is 15.6. The molecule has 1 fully saturated rings. The molecular weight excluding hydrogens is 276 g/mol. The highest BCUT2D eigenvalue weighted by molar-refractivity contribution is 7.99. The van der Waals surface area contributed by atoms with E-state index in [0.717, 1.165) is 29.9 Å². The zero-order valence-electron chi connectivity index (χ0n) is 11.1. The van der Waals surface area contributed by atoms with E-state index < -0.39 is 5.97 Å². The maximum Gasteiger partial charge on any atom is 0.335 e. The molecule has 1 aromatic rings. The molecule has 20 heavy (non-hydrogen) atoms. The molecule has 0 aromatic heterocycles. The monoisotopic (exact) mass is 294 g/mol. The number of urea groups is 1. The number of carboxylic acid groups (broad SMARTS) is 1. The molecule has 1 aromatic carbocycles. The summed E-state index contributed by atoms with van der Waals surface area (Å²) in [6.07, 6.45) is 2.04. The van der Waals surface area contributed by atoms with Gasteiger partial charge < -0.3 is 15.7 Å². The standard InChI is InChI=1S/C14H18N2O3S/c17-13(18)11-3-1-10(2-4-11)9-15-14(19)16-12-5-7-20-8-6-12/h1-4,12H,5-9H2,(H,17,18)(H2,15,16,19). The van der Waals surface area contributed by atoms with E-state index >= 15 is 0 Å². The van der Waals surface area contributed by atoms with Gasteiger partial charge in [-0.2, -0.15) is 11.8 Å². The van der Waals surface area contributed by atoms with E-state index in [2.05, 4.69) is 10.6 Å². The maximum absolute atomic E-state index is 11.7. The summed E-state index contributed by atoms with van der Waals surface area (Å²) < 4.78 is 0. The van der Waals surface area contributed by atoms with E-state index in [4.69, 9.17) is 5.11 Å². The molecule has 108 valence electrons. The van der Waals surface area contributed by atoms with Crippen molar-refractivity contribution in [2.24, 2.45) is 0 Å². The van der Waals surface area contributed by atoms with Crippen LogP contribution in [-0.2, 0) is 6.54 Å². The fourth-order valence-corrected chi connectivity index (χ4v) is 3.13. The number of carboxylic acids is 1. The molecule has 0 unspecified atom stereocenters. The number of hydrogen-bond acceptors (Lipinski definition) is 3. The van der Waals surface area contributed by atoms with Crippen molar-refractivity contribution in [3.05, 3.63) is 35.4 Å². The van der Waals surface area contributed by atoms with Crippen LogP contribution >= 0.6 is 11.8 Å². The first-order valence-electron chi connectivity index (χ1n) is 6.59. The summed E-state index contributed by atoms with van der Waals surface area (Å²) in [5, 5.41) is 14.5. The summed E-state index contributed by atoms with van der Waals surface area (Å²) in [6.45, 7) is 0.396. The van der Waals surface area contributed by atoms with Crippen LogP contribution in [0.2, 0.25) is 0 Å². The molecule has 0 atom stereocenters. The van der Waals surface area contributed by atoms with Crippen molar-refractivity contribution in [1.82, 2.24) is 10.6 Å². The van der Waals surface area contributed by atoms with Crippen LogP contribution < -0.4 is 10.6 Å². The Hall–Kier alpha value is -1.69. The van der Waals surface area contributed by atoms with Crippen LogP contribution in [0.3, 0.4) is 0 Å². The van der Waals surface area contributed by atoms with Gasteiger partial charge in [-0.15, -0.1) is 0 Å². The molecule has 5 nitrogen and oxygen atoms in total. The molecule has 3 N–H and O–H groups in total. The summed E-state index contributed by atoms with van der Waals surface area (Å²) in [5.41, 5.74) is 1.13. The lowest BCUT2D eigenvalue weighted by atomic mass is 10.1. The van der Waals surface area contributed by atoms with Gasteiger partial charge >= 0.3 is 12.0 Å². The molecule has 0 saturated carbocycles. The van der Waals surface area contributed by atoms with Gasteiger partial charge in [0.1, 0.15) is 0 Å². The first kappa shape index (κ1) is 14.7. The third-order valence-electron chi connectivity index (χ3n) is 3.21. The second-order valence-electron chi connectivity index (χ2n) is 4.72. The Balaban J connectivity index is 1.76. The Labute approximate surface area is 122 Å². The molecule has 1 aliphatic heterocycles. The van der Waals surface area contributed by atoms with Crippen molar-refractivity contribution < 1.29 is 14.7 Å². The number of carbonyl (C=O) groups is 2. The average molecular weight is 294 g/mol. The molecule has 2 rings (SSSR count). The highest BCUT2D eigenvalue weighted by Gasteiger charge is 2.15. The number of hydrogen-bond donors (Lipinski definition) is 3. The van der Waals surface area contributed by atoms with E-state index in [1.165, 1.54) is 12.1 Å². The van der Waals surface area contributed by atoms with Crippen LogP contribution in [-0.4, -0.2) is 34.7 Å². The molecule has 2 amide bonds. The van der Waals surface area contributed by atoms with Crippen molar-refractivity contribution in [2.45, 2.75) is 25.4 Å². The first-order valence-corrected chi connectivity index (χ1v) is 7.75. The largest absolute Gasteiger partial charge is 0.478 e. The topological polar surface area (TPSA) is 78.4 Å². The number of thioether (sulfide) groups is 1. The van der Waals surface area contributed by atoms with E-state index in [1.54, 1.807) is 12.1 Å². The summed E-state index contributed by atoms with van der Waals surface area (Å²) in [7, 11) is 0. The summed E-state index contributed by atoms with van der Waals surface area (Å²) >= 11 is 1.92. The lowest BCUT2D eigenvalue weighted by molar-refractivity contribution is 0.0697. The average Bonchev–Trinajstić information content (AvgIpc) is 2.46. The zero-order valence-corrected chi connectivity index (χ0v) is 11.9. The van der Waals surface area contributed by atoms with Gasteiger partial charge in [-0.1, -0.05) is 12.1 Å². The number of amides is 2. The zero-order chi connectivity index (χ0) is 14.4. The smallest absolute Gasteiger partial charge is 0.335 e. The predicted molar refractivity (Wildman–Crippen MR) is 79.1 cm³/mol. The van der Waals surface area contributed by atoms with Gasteiger partial charge in [0.25, 0.3) is 0 Å². The molecule has 0 bridgehead atoms. The maximum atomic E-state index is 11.7. The van der Waals surface area contributed by atoms with Gasteiger partial charge in [-0.25, -0.2) is 9.59 Å². The molecule has 6 heteroatoms. The van der Waals surface area contributed by atoms with E-state index in [0.29, 0.717) is 6.54 Å². The Kier molecular flexibility index (Phi) is 5.29. The lowest BCUT2D eigenvalue weighted by Gasteiger charge is -2.22. The van der Waals surface area contributed by atoms with Gasteiger partial charge in [0.05, 0.1) is 5.56 Å². The Morgan fingerprint density at radius 3 is 2.45 bits per heavy atom. The quantitative estimate of drug-likeness (QED) is 0.794. The molecule has 1 heterocycles. The molecule has 0 spiro atoms. The van der Waals surface area contributed by atoms with Gasteiger partial charge in [-0.3, -0.25) is 0 Å². The van der Waals surface area contributed by atoms with E-state index in [9.17, 15) is 9.59 Å². The van der Waals surface area contributed by atoms with Crippen LogP contribution in [0, 0.1) is 0 Å². The second-order valence-corrected chi connectivity index (χ2v) is 5.94. The number of carbonyl (C=O) groups excluding carboxylic acids is 1. The minimum atomic E-state index is -0.947. The van der Waals surface area contributed by atoms with E-state index in [-0.39, 0.29) is 17.6 Å². The molecule has 1 aliphatic rings. The van der Waals surface area contributed by atoms with Crippen molar-refractivity contribution >= 4 is 23.8 Å². The van der Waals surface area contributed by atoms with Crippen molar-refractivity contribution in [3.63, 3.8) is 0 Å². The third kappa shape index (κ3) is 4.45. The molecule has 1 saturated heterocycles. The van der Waals surface area contributed by atoms with Crippen LogP contribution in [0.15, 0.2) is 24.3 Å². The van der Waals surface area contributed by atoms with Crippen molar-refractivity contribution in [2.75, 3.05) is 11.5 Å². The molecule has 0 radical (unpaired) electrons. The molecule has 0 aliphatic carbocycles. The second kappa shape index (κ2) is 7.19. The van der Waals surface area contributed by atoms with Crippen molar-refractivity contribution in [1.29, 1.82) is 0 Å². The van der Waals surface area contributed by atoms with Gasteiger partial charge in [-0.05, 0) is 42.0 Å². The fraction of sp³-hybridized carbons (Fsp3) is 0.429. The van der Waals surface area contributed by atoms with Crippen LogP contribution in [0.5, 0.6) is 0 Å². The minimum absolute atomic E-state index is 0.163. The number of aromatic carboxylic acids is 1. The number of nitrogens with one attached hydrogen (secondary N) is 2. The SMILES string of the molecule is O=C(NCc1ccc(C(=O)O)cc1)NC1CCSCC1. The Bertz CT molecular complexity index is 470. The fourth-order valence-electron chi connectivity index (χ4n) is 2.03. The number of rotatable bonds is 4. The predicted octanol–water partition coefficient (Wildman–Crippen LogP) is 2.08. The van der Waals surface area contributed by atoms with E-state index in [1.807, 2.05) is 11.8 Å². The highest BCUT2D eigenvalue weighted by atomic mass is 32.2. The third-order valence-corrected chi connectivity index (χ3v) is 4.26. The summed E-state index contributed by atoms with van der Waals surface area (Å²) in [5.74, 6) is 1.25. The summed E-state index contributed by atoms with van der Waals surface area (Å²) in [6, 6.07) is 6.60. The molecular formula is C14H18N2O3S. The Morgan fingerprint density at radius 2 is 1.85 bits per heavy atom. The van der Waals surface area contributed by atoms with Crippen molar-refractivity contribution in [3.8, 4) is 0 Å². The van der Waals surface area contributed by atoms with Crippen LogP contribution in [0.25, 0.3) is 0 Å². The van der Waals surface area contributed by atoms with Gasteiger partial charge in [0, 0.05) is 12.6 Å². The first-order chi connectivity index (χ1) is 9.65. The minimum Gasteiger partial charge on any atom is -0.478 e. The number of benzene rings is 1. The van der Waals surface area contributed by atoms with Crippen LogP contribution in [0.4, 0.5) is 4.79 Å². The van der Waals surface area contributed by atoms with Gasteiger partial charge in [0.2, 0.25) is 0 Å². The van der Waals surface area contributed by atoms with Crippen LogP contribution in [0.1, 0.15) is 28.8 Å². The summed E-state index contributed by atoms with van der Waals surface area (Å²) in [4.78, 5) is 22.5. The Morgan fingerprint density at radius 1 is 1.20 bits per heavy atom. The highest BCUT2D eigenvalue weighted by Crippen LogP contribution is 2.16. The van der Waals surface area contributed by atoms with Gasteiger partial charge in [0.15, 0.2) is 0 Å².